The Kier molecular flexibility index (Phi) is 5.26. The van der Waals surface area contributed by atoms with Crippen LogP contribution in [0.3, 0.4) is 0 Å². The summed E-state index contributed by atoms with van der Waals surface area (Å²) in [6.45, 7) is 10.00. The van der Waals surface area contributed by atoms with Crippen LogP contribution in [0.15, 0.2) is 108 Å². The maximum atomic E-state index is 3.74. The highest BCUT2D eigenvalue weighted by molar-refractivity contribution is 6.82. The van der Waals surface area contributed by atoms with E-state index >= 15 is 0 Å². The van der Waals surface area contributed by atoms with E-state index in [1.54, 1.807) is 0 Å². The Morgan fingerprint density at radius 1 is 0.537 bits per heavy atom. The van der Waals surface area contributed by atoms with Crippen LogP contribution in [-0.2, 0) is 0 Å². The molecule has 8 rings (SSSR count). The molecule has 2 nitrogen and oxygen atoms in total. The van der Waals surface area contributed by atoms with Gasteiger partial charge in [0.25, 0.3) is 0 Å². The monoisotopic (exact) mass is 546 g/mol. The highest BCUT2D eigenvalue weighted by atomic mass is 28.3. The van der Waals surface area contributed by atoms with Crippen molar-refractivity contribution in [2.75, 3.05) is 0 Å². The maximum absolute atomic E-state index is 3.74. The Bertz CT molecular complexity index is 1850. The fourth-order valence-corrected chi connectivity index (χ4v) is 13.1. The third kappa shape index (κ3) is 3.62. The van der Waals surface area contributed by atoms with Gasteiger partial charge < -0.3 is 9.97 Å². The summed E-state index contributed by atoms with van der Waals surface area (Å²) in [5.41, 5.74) is 17.2. The summed E-state index contributed by atoms with van der Waals surface area (Å²) in [4.78, 5) is 7.48. The molecule has 0 amide bonds. The van der Waals surface area contributed by atoms with Crippen molar-refractivity contribution in [2.24, 2.45) is 0 Å². The smallest absolute Gasteiger partial charge is 0.0722 e. The van der Waals surface area contributed by atoms with E-state index in [0.717, 1.165) is 0 Å². The summed E-state index contributed by atoms with van der Waals surface area (Å²) >= 11 is 0. The minimum Gasteiger partial charge on any atom is -0.355 e. The Hall–Kier alpha value is -4.34. The zero-order valence-electron chi connectivity index (χ0n) is 24.0. The van der Waals surface area contributed by atoms with Crippen molar-refractivity contribution < 1.29 is 0 Å². The third-order valence-electron chi connectivity index (χ3n) is 9.66. The highest BCUT2D eigenvalue weighted by Gasteiger charge is 2.48. The van der Waals surface area contributed by atoms with Gasteiger partial charge in [-0.05, 0) is 60.4 Å². The molecule has 41 heavy (non-hydrogen) atoms. The zero-order chi connectivity index (χ0) is 27.9. The molecule has 0 saturated carbocycles. The number of H-pyrrole nitrogens is 2. The van der Waals surface area contributed by atoms with Gasteiger partial charge >= 0.3 is 0 Å². The molecule has 2 atom stereocenters. The first kappa shape index (κ1) is 24.5. The van der Waals surface area contributed by atoms with Gasteiger partial charge in [0.15, 0.2) is 0 Å². The minimum absolute atomic E-state index is 0.426. The number of benzene rings is 4. The molecule has 3 heteroatoms. The normalized spacial score (nSPS) is 18.0. The number of fused-ring (bicyclic) bond motifs is 4. The first-order valence-corrected chi connectivity index (χ1v) is 17.8. The molecule has 0 aliphatic heterocycles. The molecule has 2 aliphatic carbocycles. The molecule has 2 N–H and O–H groups in total. The minimum atomic E-state index is -2.04. The van der Waals surface area contributed by atoms with Crippen LogP contribution in [0.2, 0.25) is 13.1 Å². The molecule has 2 unspecified atom stereocenters. The number of allylic oxidation sites excluding steroid dienone is 2. The number of rotatable bonds is 4. The fraction of sp³-hybridized carbons (Fsp3) is 0.158. The molecule has 4 aromatic carbocycles. The predicted octanol–water partition coefficient (Wildman–Crippen LogP) is 10.5. The van der Waals surface area contributed by atoms with Gasteiger partial charge in [0.2, 0.25) is 0 Å². The quantitative estimate of drug-likeness (QED) is 0.206. The Labute approximate surface area is 242 Å². The van der Waals surface area contributed by atoms with Crippen LogP contribution in [0, 0.1) is 0 Å². The predicted molar refractivity (Wildman–Crippen MR) is 178 cm³/mol. The highest BCUT2D eigenvalue weighted by Crippen LogP contribution is 2.55. The lowest BCUT2D eigenvalue weighted by molar-refractivity contribution is 0.969. The SMILES string of the molecule is CC1=Cc2cccc(-c3cc4ccccc4[nH]3)c2C1[Si](C)(C)C1C(C)=Cc2cccc(-c3cc4ccccc4[nH]3)c21. The van der Waals surface area contributed by atoms with Gasteiger partial charge in [-0.15, -0.1) is 0 Å². The second kappa shape index (κ2) is 8.83. The molecule has 0 bridgehead atoms. The van der Waals surface area contributed by atoms with E-state index in [4.69, 9.17) is 0 Å². The number of aromatic amines is 2. The van der Waals surface area contributed by atoms with Crippen LogP contribution in [-0.4, -0.2) is 18.0 Å². The van der Waals surface area contributed by atoms with Gasteiger partial charge in [-0.2, -0.15) is 0 Å². The molecule has 0 fully saturated rings. The lowest BCUT2D eigenvalue weighted by Crippen LogP contribution is -2.42. The first-order valence-electron chi connectivity index (χ1n) is 14.7. The van der Waals surface area contributed by atoms with Crippen LogP contribution < -0.4 is 0 Å². The Morgan fingerprint density at radius 2 is 0.976 bits per heavy atom. The topological polar surface area (TPSA) is 31.6 Å². The molecule has 0 radical (unpaired) electrons. The molecular formula is C38H34N2Si. The number of aromatic nitrogens is 2. The average molecular weight is 547 g/mol. The van der Waals surface area contributed by atoms with Crippen molar-refractivity contribution in [3.05, 3.63) is 130 Å². The second-order valence-electron chi connectivity index (χ2n) is 12.6. The van der Waals surface area contributed by atoms with E-state index in [1.807, 2.05) is 0 Å². The molecule has 2 heterocycles. The van der Waals surface area contributed by atoms with Crippen LogP contribution >= 0.6 is 0 Å². The molecular weight excluding hydrogens is 513 g/mol. The first-order chi connectivity index (χ1) is 19.9. The van der Waals surface area contributed by atoms with Crippen molar-refractivity contribution in [1.29, 1.82) is 0 Å². The zero-order valence-corrected chi connectivity index (χ0v) is 25.0. The molecule has 0 saturated heterocycles. The van der Waals surface area contributed by atoms with Gasteiger partial charge in [0, 0.05) is 55.4 Å². The summed E-state index contributed by atoms with van der Waals surface area (Å²) in [5, 5.41) is 2.53. The van der Waals surface area contributed by atoms with Crippen molar-refractivity contribution in [2.45, 2.75) is 38.0 Å². The van der Waals surface area contributed by atoms with E-state index in [1.165, 1.54) is 77.7 Å². The maximum Gasteiger partial charge on any atom is 0.0722 e. The van der Waals surface area contributed by atoms with Crippen molar-refractivity contribution in [3.8, 4) is 22.5 Å². The largest absolute Gasteiger partial charge is 0.355 e. The van der Waals surface area contributed by atoms with Gasteiger partial charge in [-0.3, -0.25) is 0 Å². The average Bonchev–Trinajstić information content (AvgIpc) is 3.73. The summed E-state index contributed by atoms with van der Waals surface area (Å²) in [5.74, 6) is 0. The van der Waals surface area contributed by atoms with Crippen molar-refractivity contribution in [3.63, 3.8) is 0 Å². The number of nitrogens with one attached hydrogen (secondary N) is 2. The van der Waals surface area contributed by atoms with Crippen molar-refractivity contribution >= 4 is 42.0 Å². The van der Waals surface area contributed by atoms with Gasteiger partial charge in [0.05, 0.1) is 8.07 Å². The van der Waals surface area contributed by atoms with E-state index in [-0.39, 0.29) is 0 Å². The molecule has 2 aliphatic rings. The molecule has 6 aromatic rings. The fourth-order valence-electron chi connectivity index (χ4n) is 8.17. The summed E-state index contributed by atoms with van der Waals surface area (Å²) in [7, 11) is -2.04. The molecule has 0 spiro atoms. The third-order valence-corrected chi connectivity index (χ3v) is 14.1. The van der Waals surface area contributed by atoms with Crippen LogP contribution in [0.25, 0.3) is 56.5 Å². The number of para-hydroxylation sites is 2. The van der Waals surface area contributed by atoms with Gasteiger partial charge in [0.1, 0.15) is 0 Å². The molecule has 2 aromatic heterocycles. The van der Waals surface area contributed by atoms with Gasteiger partial charge in [-0.25, -0.2) is 0 Å². The summed E-state index contributed by atoms with van der Waals surface area (Å²) in [6.07, 6.45) is 4.92. The lowest BCUT2D eigenvalue weighted by atomic mass is 9.98. The van der Waals surface area contributed by atoms with Crippen LogP contribution in [0.4, 0.5) is 0 Å². The van der Waals surface area contributed by atoms with Crippen LogP contribution in [0.5, 0.6) is 0 Å². The number of hydrogen-bond donors (Lipinski definition) is 2. The van der Waals surface area contributed by atoms with Gasteiger partial charge in [-0.1, -0.05) is 109 Å². The summed E-state index contributed by atoms with van der Waals surface area (Å²) in [6, 6.07) is 35.6. The van der Waals surface area contributed by atoms with E-state index in [2.05, 4.69) is 146 Å². The molecule has 200 valence electrons. The second-order valence-corrected chi connectivity index (χ2v) is 17.4. The van der Waals surface area contributed by atoms with E-state index in [0.29, 0.717) is 11.1 Å². The van der Waals surface area contributed by atoms with Crippen LogP contribution in [0.1, 0.15) is 47.2 Å². The van der Waals surface area contributed by atoms with E-state index in [9.17, 15) is 0 Å². The standard InChI is InChI=1S/C38H34N2Si/c1-23-19-27-13-9-15-29(33-21-25-11-5-7-17-31(25)39-33)35(27)37(23)41(3,4)38-24(2)20-28-14-10-16-30(36(28)38)34-22-26-12-6-8-18-32(26)40-34/h5-22,37-40H,1-4H3. The summed E-state index contributed by atoms with van der Waals surface area (Å²) < 4.78 is 0. The van der Waals surface area contributed by atoms with E-state index < -0.39 is 8.07 Å². The lowest BCUT2D eigenvalue weighted by Gasteiger charge is -2.40. The Morgan fingerprint density at radius 3 is 1.41 bits per heavy atom. The van der Waals surface area contributed by atoms with Crippen molar-refractivity contribution in [1.82, 2.24) is 9.97 Å². The number of hydrogen-bond acceptors (Lipinski definition) is 0. The Balaban J connectivity index is 1.29.